The zero-order valence-corrected chi connectivity index (χ0v) is 15.9. The van der Waals surface area contributed by atoms with E-state index in [2.05, 4.69) is 9.97 Å². The molecule has 27 heavy (non-hydrogen) atoms. The van der Waals surface area contributed by atoms with Crippen molar-refractivity contribution in [3.8, 4) is 11.5 Å². The Balaban J connectivity index is 1.97. The molecule has 0 saturated carbocycles. The molecule has 0 bridgehead atoms. The van der Waals surface area contributed by atoms with E-state index in [4.69, 9.17) is 9.47 Å². The van der Waals surface area contributed by atoms with E-state index < -0.39 is 11.9 Å². The molecule has 1 saturated heterocycles. The average molecular weight is 372 g/mol. The molecule has 0 aliphatic carbocycles. The molecule has 1 aromatic carbocycles. The predicted molar refractivity (Wildman–Crippen MR) is 102 cm³/mol. The molecule has 1 aliphatic heterocycles. The lowest BCUT2D eigenvalue weighted by atomic mass is 9.88. The Labute approximate surface area is 158 Å². The summed E-state index contributed by atoms with van der Waals surface area (Å²) in [6.45, 7) is 0.884. The molecule has 0 spiro atoms. The van der Waals surface area contributed by atoms with Crippen molar-refractivity contribution >= 4 is 17.6 Å². The maximum absolute atomic E-state index is 12.0. The summed E-state index contributed by atoms with van der Waals surface area (Å²) >= 11 is 0. The molecule has 1 aromatic heterocycles. The second kappa shape index (κ2) is 7.69. The first-order valence-corrected chi connectivity index (χ1v) is 8.64. The number of carbonyl (C=O) groups is 1. The quantitative estimate of drug-likeness (QED) is 0.822. The van der Waals surface area contributed by atoms with Gasteiger partial charge in [0.1, 0.15) is 18.0 Å². The largest absolute Gasteiger partial charge is 0.493 e. The Morgan fingerprint density at radius 1 is 1.22 bits per heavy atom. The molecule has 1 fully saturated rings. The van der Waals surface area contributed by atoms with Gasteiger partial charge in [0, 0.05) is 44.7 Å². The minimum Gasteiger partial charge on any atom is -0.493 e. The normalized spacial score (nSPS) is 19.0. The minimum absolute atomic E-state index is 0.245. The van der Waals surface area contributed by atoms with Gasteiger partial charge in [-0.15, -0.1) is 0 Å². The van der Waals surface area contributed by atoms with Crippen molar-refractivity contribution in [3.63, 3.8) is 0 Å². The molecule has 8 heteroatoms. The number of methoxy groups -OCH3 is 2. The number of rotatable bonds is 6. The standard InChI is InChI=1S/C19H24N4O4/c1-22(2)16-8-17(21-11-20-16)23-9-13(14(10-23)19(24)25)12-6-5-7-15(26-3)18(12)27-4/h5-8,11,13-14H,9-10H2,1-4H3,(H,24,25). The van der Waals surface area contributed by atoms with Crippen LogP contribution in [0.3, 0.4) is 0 Å². The molecule has 0 radical (unpaired) electrons. The van der Waals surface area contributed by atoms with Crippen LogP contribution in [0.25, 0.3) is 0 Å². The molecule has 8 nitrogen and oxygen atoms in total. The van der Waals surface area contributed by atoms with Crippen LogP contribution in [0.5, 0.6) is 11.5 Å². The summed E-state index contributed by atoms with van der Waals surface area (Å²) in [6.07, 6.45) is 1.50. The second-order valence-electron chi connectivity index (χ2n) is 6.67. The van der Waals surface area contributed by atoms with E-state index in [-0.39, 0.29) is 5.92 Å². The van der Waals surface area contributed by atoms with Gasteiger partial charge in [-0.05, 0) is 6.07 Å². The van der Waals surface area contributed by atoms with Gasteiger partial charge in [-0.3, -0.25) is 4.79 Å². The van der Waals surface area contributed by atoms with Crippen LogP contribution in [0.15, 0.2) is 30.6 Å². The number of benzene rings is 1. The van der Waals surface area contributed by atoms with E-state index in [1.807, 2.05) is 42.1 Å². The summed E-state index contributed by atoms with van der Waals surface area (Å²) in [5.41, 5.74) is 0.827. The van der Waals surface area contributed by atoms with Crippen LogP contribution in [0, 0.1) is 5.92 Å². The molecule has 2 aromatic rings. The number of para-hydroxylation sites is 1. The van der Waals surface area contributed by atoms with Crippen molar-refractivity contribution in [3.05, 3.63) is 36.2 Å². The van der Waals surface area contributed by atoms with Crippen molar-refractivity contribution in [2.45, 2.75) is 5.92 Å². The zero-order chi connectivity index (χ0) is 19.6. The van der Waals surface area contributed by atoms with E-state index in [0.717, 1.165) is 11.4 Å². The lowest BCUT2D eigenvalue weighted by molar-refractivity contribution is -0.141. The molecular formula is C19H24N4O4. The molecule has 1 aliphatic rings. The lowest BCUT2D eigenvalue weighted by Crippen LogP contribution is -2.24. The molecule has 0 amide bonds. The summed E-state index contributed by atoms with van der Waals surface area (Å²) < 4.78 is 10.9. The van der Waals surface area contributed by atoms with Gasteiger partial charge in [-0.1, -0.05) is 12.1 Å². The highest BCUT2D eigenvalue weighted by molar-refractivity contribution is 5.74. The third-order valence-corrected chi connectivity index (χ3v) is 4.89. The first-order chi connectivity index (χ1) is 13.0. The van der Waals surface area contributed by atoms with Crippen LogP contribution in [0.1, 0.15) is 11.5 Å². The maximum Gasteiger partial charge on any atom is 0.308 e. The number of carboxylic acid groups (broad SMARTS) is 1. The average Bonchev–Trinajstić information content (AvgIpc) is 3.13. The van der Waals surface area contributed by atoms with Crippen LogP contribution in [-0.4, -0.2) is 62.4 Å². The Hall–Kier alpha value is -3.03. The SMILES string of the molecule is COc1cccc(C2CN(c3cc(N(C)C)ncn3)CC2C(=O)O)c1OC. The number of hydrogen-bond donors (Lipinski definition) is 1. The maximum atomic E-state index is 12.0. The highest BCUT2D eigenvalue weighted by Crippen LogP contribution is 2.42. The predicted octanol–water partition coefficient (Wildman–Crippen LogP) is 1.86. The lowest BCUT2D eigenvalue weighted by Gasteiger charge is -2.21. The third kappa shape index (κ3) is 3.60. The highest BCUT2D eigenvalue weighted by Gasteiger charge is 2.41. The zero-order valence-electron chi connectivity index (χ0n) is 15.9. The number of carboxylic acids is 1. The minimum atomic E-state index is -0.839. The van der Waals surface area contributed by atoms with Crippen LogP contribution >= 0.6 is 0 Å². The van der Waals surface area contributed by atoms with E-state index in [1.54, 1.807) is 20.3 Å². The van der Waals surface area contributed by atoms with Gasteiger partial charge in [0.05, 0.1) is 20.1 Å². The molecular weight excluding hydrogens is 348 g/mol. The first kappa shape index (κ1) is 18.8. The van der Waals surface area contributed by atoms with Crippen molar-refractivity contribution in [2.75, 3.05) is 51.2 Å². The van der Waals surface area contributed by atoms with Crippen LogP contribution in [0.4, 0.5) is 11.6 Å². The van der Waals surface area contributed by atoms with Crippen LogP contribution in [0.2, 0.25) is 0 Å². The van der Waals surface area contributed by atoms with Gasteiger partial charge < -0.3 is 24.4 Å². The fourth-order valence-corrected chi connectivity index (χ4v) is 3.51. The van der Waals surface area contributed by atoms with E-state index in [0.29, 0.717) is 30.4 Å². The number of aromatic nitrogens is 2. The topological polar surface area (TPSA) is 88.0 Å². The fraction of sp³-hybridized carbons (Fsp3) is 0.421. The summed E-state index contributed by atoms with van der Waals surface area (Å²) in [6, 6.07) is 7.42. The summed E-state index contributed by atoms with van der Waals surface area (Å²) in [5.74, 6) is 0.992. The number of aliphatic carboxylic acids is 1. The smallest absolute Gasteiger partial charge is 0.308 e. The second-order valence-corrected chi connectivity index (χ2v) is 6.67. The number of ether oxygens (including phenoxy) is 2. The fourth-order valence-electron chi connectivity index (χ4n) is 3.51. The van der Waals surface area contributed by atoms with Gasteiger partial charge in [-0.25, -0.2) is 9.97 Å². The van der Waals surface area contributed by atoms with E-state index in [9.17, 15) is 9.90 Å². The van der Waals surface area contributed by atoms with Crippen LogP contribution in [-0.2, 0) is 4.79 Å². The summed E-state index contributed by atoms with van der Waals surface area (Å²) in [4.78, 5) is 24.4. The molecule has 144 valence electrons. The molecule has 2 atom stereocenters. The van der Waals surface area contributed by atoms with E-state index in [1.165, 1.54) is 6.33 Å². The number of anilines is 2. The van der Waals surface area contributed by atoms with Crippen molar-refractivity contribution in [1.82, 2.24) is 9.97 Å². The monoisotopic (exact) mass is 372 g/mol. The number of hydrogen-bond acceptors (Lipinski definition) is 7. The summed E-state index contributed by atoms with van der Waals surface area (Å²) in [5, 5.41) is 9.80. The van der Waals surface area contributed by atoms with Crippen molar-refractivity contribution < 1.29 is 19.4 Å². The molecule has 3 rings (SSSR count). The van der Waals surface area contributed by atoms with E-state index >= 15 is 0 Å². The van der Waals surface area contributed by atoms with Crippen molar-refractivity contribution in [2.24, 2.45) is 5.92 Å². The molecule has 2 heterocycles. The first-order valence-electron chi connectivity index (χ1n) is 8.64. The Bertz CT molecular complexity index is 827. The highest BCUT2D eigenvalue weighted by atomic mass is 16.5. The Kier molecular flexibility index (Phi) is 5.34. The Morgan fingerprint density at radius 3 is 2.63 bits per heavy atom. The van der Waals surface area contributed by atoms with Crippen molar-refractivity contribution in [1.29, 1.82) is 0 Å². The molecule has 1 N–H and O–H groups in total. The van der Waals surface area contributed by atoms with Gasteiger partial charge >= 0.3 is 5.97 Å². The van der Waals surface area contributed by atoms with Gasteiger partial charge in [-0.2, -0.15) is 0 Å². The van der Waals surface area contributed by atoms with Gasteiger partial charge in [0.2, 0.25) is 0 Å². The van der Waals surface area contributed by atoms with Gasteiger partial charge in [0.15, 0.2) is 11.5 Å². The number of nitrogens with zero attached hydrogens (tertiary/aromatic N) is 4. The summed E-state index contributed by atoms with van der Waals surface area (Å²) in [7, 11) is 6.94. The third-order valence-electron chi connectivity index (χ3n) is 4.89. The van der Waals surface area contributed by atoms with Crippen LogP contribution < -0.4 is 19.3 Å². The Morgan fingerprint density at radius 2 is 2.00 bits per heavy atom. The molecule has 2 unspecified atom stereocenters. The van der Waals surface area contributed by atoms with Gasteiger partial charge in [0.25, 0.3) is 0 Å².